The molecule has 0 saturated heterocycles. The molecule has 0 aromatic heterocycles. The highest BCUT2D eigenvalue weighted by molar-refractivity contribution is 5.95. The lowest BCUT2D eigenvalue weighted by molar-refractivity contribution is -0.182. The maximum Gasteiger partial charge on any atom is 0.372 e. The molecule has 5 heteroatoms. The zero-order valence-electron chi connectivity index (χ0n) is 8.10. The van der Waals surface area contributed by atoms with Crippen molar-refractivity contribution in [3.63, 3.8) is 0 Å². The van der Waals surface area contributed by atoms with E-state index in [2.05, 4.69) is 4.89 Å². The van der Waals surface area contributed by atoms with Crippen molar-refractivity contribution in [2.24, 2.45) is 0 Å². The molecule has 0 aliphatic carbocycles. The number of ether oxygens (including phenoxy) is 1. The van der Waals surface area contributed by atoms with E-state index in [1.807, 2.05) is 0 Å². The lowest BCUT2D eigenvalue weighted by atomic mass is 10.1. The highest BCUT2D eigenvalue weighted by atomic mass is 17.1. The van der Waals surface area contributed by atoms with Gasteiger partial charge in [-0.3, -0.25) is 4.89 Å². The summed E-state index contributed by atoms with van der Waals surface area (Å²) in [6.45, 7) is 1.94. The number of esters is 1. The summed E-state index contributed by atoms with van der Waals surface area (Å²) in [5.41, 5.74) is 0.322. The van der Waals surface area contributed by atoms with Crippen molar-refractivity contribution in [2.45, 2.75) is 6.92 Å². The minimum Gasteiger partial charge on any atom is -0.462 e. The molecule has 0 fully saturated rings. The molecule has 0 atom stereocenters. The molecule has 0 bridgehead atoms. The summed E-state index contributed by atoms with van der Waals surface area (Å²) in [6, 6.07) is 5.71. The van der Waals surface area contributed by atoms with Crippen molar-refractivity contribution < 1.29 is 24.5 Å². The monoisotopic (exact) mass is 210 g/mol. The van der Waals surface area contributed by atoms with Gasteiger partial charge in [-0.25, -0.2) is 9.59 Å². The fourth-order valence-electron chi connectivity index (χ4n) is 1.04. The summed E-state index contributed by atoms with van der Waals surface area (Å²) >= 11 is 0. The van der Waals surface area contributed by atoms with Crippen LogP contribution in [0.4, 0.5) is 0 Å². The van der Waals surface area contributed by atoms with E-state index in [0.29, 0.717) is 0 Å². The van der Waals surface area contributed by atoms with E-state index in [0.717, 1.165) is 0 Å². The Morgan fingerprint density at radius 2 is 1.87 bits per heavy atom. The number of rotatable bonds is 3. The van der Waals surface area contributed by atoms with Crippen LogP contribution in [0.15, 0.2) is 24.3 Å². The van der Waals surface area contributed by atoms with Crippen LogP contribution in [0.25, 0.3) is 0 Å². The smallest absolute Gasteiger partial charge is 0.372 e. The van der Waals surface area contributed by atoms with Crippen molar-refractivity contribution in [3.05, 3.63) is 35.4 Å². The summed E-state index contributed by atoms with van der Waals surface area (Å²) in [5, 5.41) is 8.16. The minimum atomic E-state index is -0.916. The van der Waals surface area contributed by atoms with Gasteiger partial charge in [-0.2, -0.15) is 5.26 Å². The van der Waals surface area contributed by atoms with Crippen LogP contribution >= 0.6 is 0 Å². The van der Waals surface area contributed by atoms with Gasteiger partial charge in [0.05, 0.1) is 17.7 Å². The maximum absolute atomic E-state index is 11.3. The molecule has 0 spiro atoms. The molecule has 1 aromatic rings. The molecular weight excluding hydrogens is 200 g/mol. The lowest BCUT2D eigenvalue weighted by Gasteiger charge is -2.02. The van der Waals surface area contributed by atoms with E-state index < -0.39 is 11.9 Å². The Labute approximate surface area is 86.2 Å². The van der Waals surface area contributed by atoms with Gasteiger partial charge in [-0.15, -0.1) is 0 Å². The van der Waals surface area contributed by atoms with Crippen molar-refractivity contribution in [2.75, 3.05) is 6.61 Å². The average Bonchev–Trinajstić information content (AvgIpc) is 2.28. The van der Waals surface area contributed by atoms with Crippen LogP contribution in [0, 0.1) is 0 Å². The molecule has 0 amide bonds. The normalized spacial score (nSPS) is 9.47. The largest absolute Gasteiger partial charge is 0.462 e. The Balaban J connectivity index is 2.92. The number of benzene rings is 1. The van der Waals surface area contributed by atoms with Gasteiger partial charge in [-0.05, 0) is 25.1 Å². The third kappa shape index (κ3) is 2.78. The summed E-state index contributed by atoms with van der Waals surface area (Å²) in [6.07, 6.45) is 0. The Morgan fingerprint density at radius 3 is 2.40 bits per heavy atom. The van der Waals surface area contributed by atoms with E-state index in [9.17, 15) is 9.59 Å². The van der Waals surface area contributed by atoms with E-state index >= 15 is 0 Å². The molecular formula is C10H10O5. The van der Waals surface area contributed by atoms with Crippen molar-refractivity contribution in [1.29, 1.82) is 0 Å². The van der Waals surface area contributed by atoms with Crippen LogP contribution in [0.3, 0.4) is 0 Å². The lowest BCUT2D eigenvalue weighted by Crippen LogP contribution is -2.07. The summed E-state index contributed by atoms with van der Waals surface area (Å²) < 4.78 is 4.74. The highest BCUT2D eigenvalue weighted by Crippen LogP contribution is 2.07. The van der Waals surface area contributed by atoms with E-state index in [1.54, 1.807) is 6.92 Å². The number of hydrogen-bond donors (Lipinski definition) is 1. The van der Waals surface area contributed by atoms with Gasteiger partial charge in [-0.1, -0.05) is 6.07 Å². The molecule has 0 unspecified atom stereocenters. The Morgan fingerprint density at radius 1 is 1.27 bits per heavy atom. The van der Waals surface area contributed by atoms with Gasteiger partial charge >= 0.3 is 11.9 Å². The molecule has 15 heavy (non-hydrogen) atoms. The van der Waals surface area contributed by atoms with Crippen LogP contribution in [-0.2, 0) is 9.62 Å². The topological polar surface area (TPSA) is 72.8 Å². The first kappa shape index (κ1) is 11.2. The van der Waals surface area contributed by atoms with Crippen LogP contribution in [-0.4, -0.2) is 23.8 Å². The van der Waals surface area contributed by atoms with Crippen molar-refractivity contribution in [1.82, 2.24) is 0 Å². The fourth-order valence-corrected chi connectivity index (χ4v) is 1.04. The van der Waals surface area contributed by atoms with Gasteiger partial charge in [0.15, 0.2) is 0 Å². The summed E-state index contributed by atoms with van der Waals surface area (Å²) in [4.78, 5) is 25.7. The van der Waals surface area contributed by atoms with Gasteiger partial charge in [0.2, 0.25) is 0 Å². The number of carbonyl (C=O) groups excluding carboxylic acids is 2. The van der Waals surface area contributed by atoms with E-state index in [-0.39, 0.29) is 17.7 Å². The molecule has 80 valence electrons. The Hall–Kier alpha value is -1.88. The molecule has 1 aromatic carbocycles. The summed E-state index contributed by atoms with van der Waals surface area (Å²) in [5.74, 6) is -1.44. The molecule has 0 saturated carbocycles. The van der Waals surface area contributed by atoms with Crippen LogP contribution in [0.5, 0.6) is 0 Å². The first-order valence-electron chi connectivity index (χ1n) is 4.32. The van der Waals surface area contributed by atoms with Crippen LogP contribution in [0.1, 0.15) is 27.6 Å². The van der Waals surface area contributed by atoms with Gasteiger partial charge in [0.25, 0.3) is 0 Å². The third-order valence-electron chi connectivity index (χ3n) is 1.69. The van der Waals surface area contributed by atoms with Crippen molar-refractivity contribution >= 4 is 11.9 Å². The average molecular weight is 210 g/mol. The Kier molecular flexibility index (Phi) is 3.82. The summed E-state index contributed by atoms with van der Waals surface area (Å²) in [7, 11) is 0. The quantitative estimate of drug-likeness (QED) is 0.465. The number of carbonyl (C=O) groups is 2. The second-order valence-corrected chi connectivity index (χ2v) is 2.68. The maximum atomic E-state index is 11.3. The first-order valence-corrected chi connectivity index (χ1v) is 4.32. The zero-order valence-corrected chi connectivity index (χ0v) is 8.10. The molecule has 0 radical (unpaired) electrons. The fraction of sp³-hybridized carbons (Fsp3) is 0.200. The molecule has 0 aliphatic heterocycles. The molecule has 0 aliphatic rings. The van der Waals surface area contributed by atoms with Gasteiger partial charge in [0.1, 0.15) is 0 Å². The third-order valence-corrected chi connectivity index (χ3v) is 1.69. The van der Waals surface area contributed by atoms with Gasteiger partial charge < -0.3 is 4.74 Å². The van der Waals surface area contributed by atoms with E-state index in [1.165, 1.54) is 24.3 Å². The molecule has 1 N–H and O–H groups in total. The number of hydrogen-bond acceptors (Lipinski definition) is 5. The second kappa shape index (κ2) is 5.11. The molecule has 1 rings (SSSR count). The zero-order chi connectivity index (χ0) is 11.3. The minimum absolute atomic E-state index is 0.0862. The SMILES string of the molecule is CCOC(=O)c1cccc(C(=O)OO)c1. The van der Waals surface area contributed by atoms with Gasteiger partial charge in [0, 0.05) is 0 Å². The predicted molar refractivity (Wildman–Crippen MR) is 50.4 cm³/mol. The van der Waals surface area contributed by atoms with Crippen molar-refractivity contribution in [3.8, 4) is 0 Å². The standard InChI is InChI=1S/C10H10O5/c1-2-14-9(11)7-4-3-5-8(6-7)10(12)15-13/h3-6,13H,2H2,1H3. The van der Waals surface area contributed by atoms with E-state index in [4.69, 9.17) is 9.99 Å². The molecule has 0 heterocycles. The van der Waals surface area contributed by atoms with Crippen LogP contribution in [0.2, 0.25) is 0 Å². The predicted octanol–water partition coefficient (Wildman–Crippen LogP) is 1.49. The molecule has 5 nitrogen and oxygen atoms in total. The second-order valence-electron chi connectivity index (χ2n) is 2.68. The highest BCUT2D eigenvalue weighted by Gasteiger charge is 2.11. The first-order chi connectivity index (χ1) is 7.19. The Bertz CT molecular complexity index is 372. The van der Waals surface area contributed by atoms with Crippen LogP contribution < -0.4 is 0 Å².